The lowest BCUT2D eigenvalue weighted by molar-refractivity contribution is -0.152. The number of rotatable bonds is 2. The summed E-state index contributed by atoms with van der Waals surface area (Å²) in [6, 6.07) is 8.32. The van der Waals surface area contributed by atoms with Crippen LogP contribution in [-0.2, 0) is 16.0 Å². The van der Waals surface area contributed by atoms with Crippen molar-refractivity contribution < 1.29 is 9.59 Å². The molecular formula is C16H19NO2S. The monoisotopic (exact) mass is 289 g/mol. The molecule has 20 heavy (non-hydrogen) atoms. The van der Waals surface area contributed by atoms with Gasteiger partial charge in [0.1, 0.15) is 0 Å². The summed E-state index contributed by atoms with van der Waals surface area (Å²) < 4.78 is 0. The molecule has 2 heterocycles. The van der Waals surface area contributed by atoms with Crippen molar-refractivity contribution in [1.82, 2.24) is 4.90 Å². The van der Waals surface area contributed by atoms with Crippen LogP contribution in [0.25, 0.3) is 0 Å². The predicted octanol–water partition coefficient (Wildman–Crippen LogP) is 2.88. The van der Waals surface area contributed by atoms with Crippen LogP contribution in [0.1, 0.15) is 32.3 Å². The summed E-state index contributed by atoms with van der Waals surface area (Å²) in [6.07, 6.45) is 1.90. The topological polar surface area (TPSA) is 37.4 Å². The van der Waals surface area contributed by atoms with Gasteiger partial charge in [-0.15, -0.1) is 11.8 Å². The van der Waals surface area contributed by atoms with Crippen LogP contribution in [0.2, 0.25) is 0 Å². The molecule has 2 aliphatic rings. The molecule has 4 heteroatoms. The number of piperidine rings is 1. The lowest BCUT2D eigenvalue weighted by Crippen LogP contribution is -2.48. The Kier molecular flexibility index (Phi) is 3.36. The SMILES string of the molecule is CC1(C)CC(=O)N(CC2Cc3ccccc3S2)C(=O)C1. The first-order chi connectivity index (χ1) is 9.44. The van der Waals surface area contributed by atoms with Crippen LogP contribution in [0, 0.1) is 5.41 Å². The number of likely N-dealkylation sites (tertiary alicyclic amines) is 1. The second-order valence-electron chi connectivity index (χ2n) is 6.47. The molecule has 0 radical (unpaired) electrons. The molecule has 0 N–H and O–H groups in total. The van der Waals surface area contributed by atoms with Crippen molar-refractivity contribution in [3.8, 4) is 0 Å². The Morgan fingerprint density at radius 1 is 1.20 bits per heavy atom. The van der Waals surface area contributed by atoms with Gasteiger partial charge in [-0.25, -0.2) is 0 Å². The number of benzene rings is 1. The second-order valence-corrected chi connectivity index (χ2v) is 7.81. The lowest BCUT2D eigenvalue weighted by atomic mass is 9.81. The number of hydrogen-bond donors (Lipinski definition) is 0. The van der Waals surface area contributed by atoms with E-state index in [0.29, 0.717) is 24.6 Å². The molecule has 3 rings (SSSR count). The van der Waals surface area contributed by atoms with Gasteiger partial charge in [-0.3, -0.25) is 14.5 Å². The predicted molar refractivity (Wildman–Crippen MR) is 79.5 cm³/mol. The molecule has 1 fully saturated rings. The standard InChI is InChI=1S/C16H19NO2S/c1-16(2)8-14(18)17(15(19)9-16)10-12-7-11-5-3-4-6-13(11)20-12/h3-6,12H,7-10H2,1-2H3. The zero-order valence-corrected chi connectivity index (χ0v) is 12.7. The number of fused-ring (bicyclic) bond motifs is 1. The summed E-state index contributed by atoms with van der Waals surface area (Å²) in [5.74, 6) is -0.0226. The first-order valence-corrected chi connectivity index (χ1v) is 7.90. The molecule has 0 bridgehead atoms. The number of nitrogens with zero attached hydrogens (tertiary/aromatic N) is 1. The van der Waals surface area contributed by atoms with Crippen molar-refractivity contribution in [3.05, 3.63) is 29.8 Å². The summed E-state index contributed by atoms with van der Waals surface area (Å²) in [4.78, 5) is 27.1. The fourth-order valence-corrected chi connectivity index (χ4v) is 4.28. The van der Waals surface area contributed by atoms with Crippen molar-refractivity contribution in [2.24, 2.45) is 5.41 Å². The molecule has 1 saturated heterocycles. The molecule has 1 aromatic carbocycles. The molecule has 0 aliphatic carbocycles. The highest BCUT2D eigenvalue weighted by Gasteiger charge is 2.39. The maximum atomic E-state index is 12.2. The van der Waals surface area contributed by atoms with Crippen molar-refractivity contribution >= 4 is 23.6 Å². The molecule has 106 valence electrons. The number of imide groups is 1. The van der Waals surface area contributed by atoms with Crippen LogP contribution in [0.3, 0.4) is 0 Å². The first-order valence-electron chi connectivity index (χ1n) is 7.02. The van der Waals surface area contributed by atoms with Gasteiger partial charge < -0.3 is 0 Å². The summed E-state index contributed by atoms with van der Waals surface area (Å²) >= 11 is 1.79. The third-order valence-electron chi connectivity index (χ3n) is 3.96. The van der Waals surface area contributed by atoms with Crippen LogP contribution < -0.4 is 0 Å². The molecule has 3 nitrogen and oxygen atoms in total. The molecule has 0 saturated carbocycles. The number of thioether (sulfide) groups is 1. The van der Waals surface area contributed by atoms with E-state index in [4.69, 9.17) is 0 Å². The Bertz CT molecular complexity index is 522. The van der Waals surface area contributed by atoms with E-state index in [1.807, 2.05) is 26.0 Å². The van der Waals surface area contributed by atoms with E-state index in [0.717, 1.165) is 6.42 Å². The van der Waals surface area contributed by atoms with E-state index in [-0.39, 0.29) is 17.2 Å². The van der Waals surface area contributed by atoms with Gasteiger partial charge in [0.05, 0.1) is 0 Å². The molecule has 1 unspecified atom stereocenters. The van der Waals surface area contributed by atoms with Crippen molar-refractivity contribution in [1.29, 1.82) is 0 Å². The van der Waals surface area contributed by atoms with Crippen molar-refractivity contribution in [3.63, 3.8) is 0 Å². The number of amides is 2. The Morgan fingerprint density at radius 2 is 1.85 bits per heavy atom. The van der Waals surface area contributed by atoms with E-state index in [9.17, 15) is 9.59 Å². The van der Waals surface area contributed by atoms with Crippen LogP contribution in [-0.4, -0.2) is 28.5 Å². The highest BCUT2D eigenvalue weighted by atomic mass is 32.2. The van der Waals surface area contributed by atoms with Gasteiger partial charge in [-0.1, -0.05) is 32.0 Å². The van der Waals surface area contributed by atoms with Crippen LogP contribution in [0.4, 0.5) is 0 Å². The van der Waals surface area contributed by atoms with E-state index in [2.05, 4.69) is 12.1 Å². The van der Waals surface area contributed by atoms with E-state index in [1.165, 1.54) is 15.4 Å². The average Bonchev–Trinajstić information content (AvgIpc) is 2.75. The van der Waals surface area contributed by atoms with Crippen LogP contribution >= 0.6 is 11.8 Å². The van der Waals surface area contributed by atoms with Gasteiger partial charge in [0.25, 0.3) is 0 Å². The number of carbonyl (C=O) groups is 2. The third kappa shape index (κ3) is 2.62. The van der Waals surface area contributed by atoms with Gasteiger partial charge >= 0.3 is 0 Å². The van der Waals surface area contributed by atoms with E-state index in [1.54, 1.807) is 11.8 Å². The zero-order chi connectivity index (χ0) is 14.3. The Morgan fingerprint density at radius 3 is 2.50 bits per heavy atom. The minimum absolute atomic E-state index is 0.0113. The minimum atomic E-state index is -0.184. The fourth-order valence-electron chi connectivity index (χ4n) is 2.97. The van der Waals surface area contributed by atoms with Gasteiger partial charge in [0, 0.05) is 29.5 Å². The largest absolute Gasteiger partial charge is 0.281 e. The summed E-state index contributed by atoms with van der Waals surface area (Å²) in [7, 11) is 0. The van der Waals surface area contributed by atoms with E-state index >= 15 is 0 Å². The summed E-state index contributed by atoms with van der Waals surface area (Å²) in [5, 5.41) is 0.307. The first kappa shape index (κ1) is 13.7. The Labute approximate surface area is 123 Å². The highest BCUT2D eigenvalue weighted by Crippen LogP contribution is 2.38. The minimum Gasteiger partial charge on any atom is -0.281 e. The number of hydrogen-bond acceptors (Lipinski definition) is 3. The van der Waals surface area contributed by atoms with Crippen LogP contribution in [0.15, 0.2) is 29.2 Å². The maximum absolute atomic E-state index is 12.2. The molecule has 1 aromatic rings. The summed E-state index contributed by atoms with van der Waals surface area (Å²) in [5.41, 5.74) is 1.15. The molecule has 0 aromatic heterocycles. The normalized spacial score (nSPS) is 24.9. The lowest BCUT2D eigenvalue weighted by Gasteiger charge is -2.35. The number of carbonyl (C=O) groups excluding carboxylic acids is 2. The average molecular weight is 289 g/mol. The fraction of sp³-hybridized carbons (Fsp3) is 0.500. The second kappa shape index (κ2) is 4.92. The van der Waals surface area contributed by atoms with Gasteiger partial charge in [0.2, 0.25) is 11.8 Å². The third-order valence-corrected chi connectivity index (χ3v) is 5.26. The molecule has 1 atom stereocenters. The van der Waals surface area contributed by atoms with E-state index < -0.39 is 0 Å². The summed E-state index contributed by atoms with van der Waals surface area (Å²) in [6.45, 7) is 4.52. The van der Waals surface area contributed by atoms with Gasteiger partial charge in [-0.05, 0) is 23.5 Å². The van der Waals surface area contributed by atoms with Crippen LogP contribution in [0.5, 0.6) is 0 Å². The molecule has 2 amide bonds. The van der Waals surface area contributed by atoms with Gasteiger partial charge in [-0.2, -0.15) is 0 Å². The van der Waals surface area contributed by atoms with Gasteiger partial charge in [0.15, 0.2) is 0 Å². The molecule has 0 spiro atoms. The Balaban J connectivity index is 1.68. The molecule has 2 aliphatic heterocycles. The smallest absolute Gasteiger partial charge is 0.229 e. The zero-order valence-electron chi connectivity index (χ0n) is 11.9. The molecular weight excluding hydrogens is 270 g/mol. The van der Waals surface area contributed by atoms with Crippen molar-refractivity contribution in [2.45, 2.75) is 43.3 Å². The Hall–Kier alpha value is -1.29. The quantitative estimate of drug-likeness (QED) is 0.786. The van der Waals surface area contributed by atoms with Crippen molar-refractivity contribution in [2.75, 3.05) is 6.54 Å². The maximum Gasteiger partial charge on any atom is 0.229 e. The highest BCUT2D eigenvalue weighted by molar-refractivity contribution is 8.00.